The van der Waals surface area contributed by atoms with E-state index in [1.807, 2.05) is 11.3 Å². The van der Waals surface area contributed by atoms with E-state index in [4.69, 9.17) is 4.98 Å². The van der Waals surface area contributed by atoms with Gasteiger partial charge in [0.1, 0.15) is 0 Å². The van der Waals surface area contributed by atoms with Crippen LogP contribution in [0.5, 0.6) is 0 Å². The molecule has 0 aromatic carbocycles. The van der Waals surface area contributed by atoms with Gasteiger partial charge >= 0.3 is 0 Å². The molecular formula is C14H23N3S2. The summed E-state index contributed by atoms with van der Waals surface area (Å²) >= 11 is 3.96. The molecule has 0 spiro atoms. The first-order valence-corrected chi connectivity index (χ1v) is 9.27. The number of thioether (sulfide) groups is 1. The predicted octanol–water partition coefficient (Wildman–Crippen LogP) is 2.90. The van der Waals surface area contributed by atoms with Crippen molar-refractivity contribution in [2.24, 2.45) is 0 Å². The van der Waals surface area contributed by atoms with Crippen LogP contribution >= 0.6 is 23.1 Å². The van der Waals surface area contributed by atoms with Crippen molar-refractivity contribution in [2.45, 2.75) is 51.2 Å². The lowest BCUT2D eigenvalue weighted by molar-refractivity contribution is 0.687. The fraction of sp³-hybridized carbons (Fsp3) is 0.786. The number of nitrogens with one attached hydrogen (secondary N) is 1. The molecule has 1 aromatic heterocycles. The molecule has 1 saturated heterocycles. The van der Waals surface area contributed by atoms with E-state index in [9.17, 15) is 0 Å². The minimum absolute atomic E-state index is 0.685. The van der Waals surface area contributed by atoms with Gasteiger partial charge in [0.05, 0.1) is 5.69 Å². The van der Waals surface area contributed by atoms with Crippen LogP contribution in [-0.4, -0.2) is 35.6 Å². The average molecular weight is 297 g/mol. The zero-order chi connectivity index (χ0) is 13.2. The summed E-state index contributed by atoms with van der Waals surface area (Å²) in [7, 11) is 2.22. The van der Waals surface area contributed by atoms with E-state index in [-0.39, 0.29) is 0 Å². The Bertz CT molecular complexity index is 422. The van der Waals surface area contributed by atoms with Gasteiger partial charge in [-0.1, -0.05) is 6.92 Å². The molecule has 2 aliphatic rings. The van der Waals surface area contributed by atoms with Crippen LogP contribution in [0.1, 0.15) is 36.8 Å². The van der Waals surface area contributed by atoms with Gasteiger partial charge in [-0.25, -0.2) is 4.98 Å². The van der Waals surface area contributed by atoms with Crippen LogP contribution in [0.2, 0.25) is 0 Å². The van der Waals surface area contributed by atoms with Crippen molar-refractivity contribution in [1.29, 1.82) is 0 Å². The summed E-state index contributed by atoms with van der Waals surface area (Å²) in [5.74, 6) is 2.56. The van der Waals surface area contributed by atoms with Crippen LogP contribution in [0.15, 0.2) is 0 Å². The van der Waals surface area contributed by atoms with Gasteiger partial charge in [0.2, 0.25) is 0 Å². The molecular weight excluding hydrogens is 274 g/mol. The maximum absolute atomic E-state index is 4.87. The van der Waals surface area contributed by atoms with E-state index >= 15 is 0 Å². The van der Waals surface area contributed by atoms with Crippen molar-refractivity contribution in [3.63, 3.8) is 0 Å². The van der Waals surface area contributed by atoms with Gasteiger partial charge in [0, 0.05) is 36.3 Å². The summed E-state index contributed by atoms with van der Waals surface area (Å²) in [4.78, 5) is 8.72. The van der Waals surface area contributed by atoms with Crippen LogP contribution in [0.4, 0.5) is 5.13 Å². The highest BCUT2D eigenvalue weighted by Gasteiger charge is 2.24. The van der Waals surface area contributed by atoms with Gasteiger partial charge in [0.15, 0.2) is 5.13 Å². The highest BCUT2D eigenvalue weighted by atomic mass is 32.2. The molecule has 3 rings (SSSR count). The molecule has 1 atom stereocenters. The van der Waals surface area contributed by atoms with Gasteiger partial charge in [0.25, 0.3) is 0 Å². The monoisotopic (exact) mass is 297 g/mol. The van der Waals surface area contributed by atoms with Crippen molar-refractivity contribution in [3.8, 4) is 0 Å². The highest BCUT2D eigenvalue weighted by molar-refractivity contribution is 7.99. The third kappa shape index (κ3) is 3.26. The smallest absolute Gasteiger partial charge is 0.185 e. The Kier molecular flexibility index (Phi) is 4.34. The Morgan fingerprint density at radius 2 is 2.21 bits per heavy atom. The third-order valence-electron chi connectivity index (χ3n) is 3.99. The summed E-state index contributed by atoms with van der Waals surface area (Å²) in [6, 6.07) is 1.46. The number of nitrogens with zero attached hydrogens (tertiary/aromatic N) is 2. The van der Waals surface area contributed by atoms with Crippen molar-refractivity contribution in [2.75, 3.05) is 23.5 Å². The van der Waals surface area contributed by atoms with Crippen LogP contribution in [0.25, 0.3) is 0 Å². The molecule has 1 unspecified atom stereocenters. The molecule has 0 radical (unpaired) electrons. The van der Waals surface area contributed by atoms with E-state index in [1.54, 1.807) is 0 Å². The van der Waals surface area contributed by atoms with Crippen LogP contribution < -0.4 is 10.2 Å². The summed E-state index contributed by atoms with van der Waals surface area (Å²) < 4.78 is 0. The van der Waals surface area contributed by atoms with E-state index in [2.05, 4.69) is 35.9 Å². The molecule has 0 bridgehead atoms. The number of aryl methyl sites for hydroxylation is 1. The number of aromatic nitrogens is 1. The molecule has 1 aliphatic carbocycles. The quantitative estimate of drug-likeness (QED) is 0.874. The van der Waals surface area contributed by atoms with Gasteiger partial charge in [-0.15, -0.1) is 11.3 Å². The molecule has 1 aromatic rings. The average Bonchev–Trinajstić information content (AvgIpc) is 2.96. The molecule has 1 saturated carbocycles. The fourth-order valence-corrected chi connectivity index (χ4v) is 4.84. The molecule has 106 valence electrons. The number of rotatable bonds is 6. The summed E-state index contributed by atoms with van der Waals surface area (Å²) in [5.41, 5.74) is 1.30. The second-order valence-corrected chi connectivity index (χ2v) is 7.72. The lowest BCUT2D eigenvalue weighted by Gasteiger charge is -2.22. The lowest BCUT2D eigenvalue weighted by atomic mass is 10.2. The van der Waals surface area contributed by atoms with E-state index in [0.717, 1.165) is 19.0 Å². The Morgan fingerprint density at radius 1 is 1.37 bits per heavy atom. The van der Waals surface area contributed by atoms with E-state index < -0.39 is 0 Å². The molecule has 3 nitrogen and oxygen atoms in total. The highest BCUT2D eigenvalue weighted by Crippen LogP contribution is 2.31. The van der Waals surface area contributed by atoms with Crippen molar-refractivity contribution in [1.82, 2.24) is 10.3 Å². The number of anilines is 1. The molecule has 0 amide bonds. The first kappa shape index (κ1) is 13.7. The van der Waals surface area contributed by atoms with Gasteiger partial charge in [-0.2, -0.15) is 11.8 Å². The standard InChI is InChI=1S/C14H23N3S2/c1-3-12-13(8-15-10-4-5-10)19-14(16-12)17(2)11-6-7-18-9-11/h10-11,15H,3-9H2,1-2H3. The predicted molar refractivity (Wildman–Crippen MR) is 85.5 cm³/mol. The number of hydrogen-bond donors (Lipinski definition) is 1. The van der Waals surface area contributed by atoms with Gasteiger partial charge in [-0.3, -0.25) is 0 Å². The molecule has 2 heterocycles. The molecule has 5 heteroatoms. The zero-order valence-corrected chi connectivity index (χ0v) is 13.4. The normalized spacial score (nSPS) is 22.9. The minimum atomic E-state index is 0.685. The summed E-state index contributed by atoms with van der Waals surface area (Å²) in [5, 5.41) is 4.84. The lowest BCUT2D eigenvalue weighted by Crippen LogP contribution is -2.31. The molecule has 1 aliphatic heterocycles. The fourth-order valence-electron chi connectivity index (χ4n) is 2.44. The Morgan fingerprint density at radius 3 is 2.84 bits per heavy atom. The minimum Gasteiger partial charge on any atom is -0.347 e. The summed E-state index contributed by atoms with van der Waals surface area (Å²) in [6.07, 6.45) is 5.06. The Balaban J connectivity index is 1.69. The van der Waals surface area contributed by atoms with Crippen LogP contribution in [0.3, 0.4) is 0 Å². The molecule has 19 heavy (non-hydrogen) atoms. The summed E-state index contributed by atoms with van der Waals surface area (Å²) in [6.45, 7) is 3.23. The first-order valence-electron chi connectivity index (χ1n) is 7.30. The van der Waals surface area contributed by atoms with E-state index in [0.29, 0.717) is 6.04 Å². The molecule has 2 fully saturated rings. The van der Waals surface area contributed by atoms with Crippen LogP contribution in [-0.2, 0) is 13.0 Å². The van der Waals surface area contributed by atoms with E-state index in [1.165, 1.54) is 46.5 Å². The van der Waals surface area contributed by atoms with Crippen molar-refractivity contribution in [3.05, 3.63) is 10.6 Å². The van der Waals surface area contributed by atoms with Crippen molar-refractivity contribution < 1.29 is 0 Å². The number of thiazole rings is 1. The zero-order valence-electron chi connectivity index (χ0n) is 11.8. The maximum Gasteiger partial charge on any atom is 0.185 e. The Hall–Kier alpha value is -0.260. The molecule has 1 N–H and O–H groups in total. The number of hydrogen-bond acceptors (Lipinski definition) is 5. The topological polar surface area (TPSA) is 28.2 Å². The SMILES string of the molecule is CCc1nc(N(C)C2CCSC2)sc1CNC1CC1. The van der Waals surface area contributed by atoms with Gasteiger partial charge < -0.3 is 10.2 Å². The second-order valence-electron chi connectivity index (χ2n) is 5.50. The first-order chi connectivity index (χ1) is 9.28. The largest absolute Gasteiger partial charge is 0.347 e. The maximum atomic E-state index is 4.87. The second kappa shape index (κ2) is 6.02. The third-order valence-corrected chi connectivity index (χ3v) is 6.32. The Labute approximate surface area is 124 Å². The van der Waals surface area contributed by atoms with Gasteiger partial charge in [-0.05, 0) is 31.4 Å². The van der Waals surface area contributed by atoms with Crippen LogP contribution in [0, 0.1) is 0 Å². The van der Waals surface area contributed by atoms with Crippen molar-refractivity contribution >= 4 is 28.2 Å².